The molecule has 0 spiro atoms. The number of aliphatic hydroxyl groups excluding tert-OH is 1. The Balaban J connectivity index is 1.50. The first-order valence-electron chi connectivity index (χ1n) is 18.7. The monoisotopic (exact) mass is 754 g/mol. The lowest BCUT2D eigenvalue weighted by molar-refractivity contribution is -0.233. The van der Waals surface area contributed by atoms with Gasteiger partial charge in [0.1, 0.15) is 23.4 Å². The van der Waals surface area contributed by atoms with E-state index in [9.17, 15) is 19.8 Å². The molecule has 11 heteroatoms. The highest BCUT2D eigenvalue weighted by atomic mass is 16.6. The predicted molar refractivity (Wildman–Crippen MR) is 208 cm³/mol. The van der Waals surface area contributed by atoms with Gasteiger partial charge in [-0.3, -0.25) is 4.79 Å². The summed E-state index contributed by atoms with van der Waals surface area (Å²) in [7, 11) is 0. The van der Waals surface area contributed by atoms with E-state index in [1.807, 2.05) is 142 Å². The van der Waals surface area contributed by atoms with Crippen molar-refractivity contribution in [3.63, 3.8) is 0 Å². The molecule has 4 atom stereocenters. The summed E-state index contributed by atoms with van der Waals surface area (Å²) in [5, 5.41) is 23.4. The van der Waals surface area contributed by atoms with Crippen LogP contribution in [-0.4, -0.2) is 101 Å². The number of ether oxygens (including phenoxy) is 5. The quantitative estimate of drug-likeness (QED) is 0.130. The van der Waals surface area contributed by atoms with E-state index < -0.39 is 48.1 Å². The summed E-state index contributed by atoms with van der Waals surface area (Å²) in [6.45, 7) is 5.57. The SMILES string of the molecule is CC(C)(C)OC(=O)N1CCN(C(=O)C(OCc2ccccc2)C(OCc2ccccc2)C(OCc2ccccc2)C(O)(CO)COCc2ccccc2)CC1. The van der Waals surface area contributed by atoms with Crippen molar-refractivity contribution in [1.29, 1.82) is 0 Å². The lowest BCUT2D eigenvalue weighted by Gasteiger charge is -2.43. The molecule has 0 radical (unpaired) electrons. The maximum atomic E-state index is 14.8. The number of nitrogens with zero attached hydrogens (tertiary/aromatic N) is 2. The van der Waals surface area contributed by atoms with Crippen LogP contribution in [0.4, 0.5) is 4.79 Å². The van der Waals surface area contributed by atoms with Crippen molar-refractivity contribution in [2.75, 3.05) is 39.4 Å². The molecule has 1 aliphatic heterocycles. The smallest absolute Gasteiger partial charge is 0.410 e. The molecule has 4 unspecified atom stereocenters. The second-order valence-corrected chi connectivity index (χ2v) is 14.7. The van der Waals surface area contributed by atoms with E-state index in [-0.39, 0.29) is 59.2 Å². The second kappa shape index (κ2) is 20.3. The van der Waals surface area contributed by atoms with Gasteiger partial charge in [-0.05, 0) is 43.0 Å². The molecule has 0 saturated carbocycles. The van der Waals surface area contributed by atoms with Crippen molar-refractivity contribution in [2.45, 2.75) is 76.7 Å². The van der Waals surface area contributed by atoms with Gasteiger partial charge in [0, 0.05) is 26.2 Å². The van der Waals surface area contributed by atoms with E-state index in [1.54, 1.807) is 9.80 Å². The third-order valence-electron chi connectivity index (χ3n) is 9.18. The highest BCUT2D eigenvalue weighted by Crippen LogP contribution is 2.29. The molecule has 1 aliphatic rings. The molecule has 55 heavy (non-hydrogen) atoms. The zero-order chi connectivity index (χ0) is 39.1. The number of hydrogen-bond acceptors (Lipinski definition) is 9. The molecule has 4 aromatic rings. The number of carbonyl (C=O) groups excluding carboxylic acids is 2. The molecule has 2 N–H and O–H groups in total. The zero-order valence-electron chi connectivity index (χ0n) is 32.0. The minimum Gasteiger partial charge on any atom is -0.444 e. The van der Waals surface area contributed by atoms with Gasteiger partial charge in [-0.2, -0.15) is 0 Å². The fourth-order valence-electron chi connectivity index (χ4n) is 6.24. The summed E-state index contributed by atoms with van der Waals surface area (Å²) in [4.78, 5) is 30.9. The summed E-state index contributed by atoms with van der Waals surface area (Å²) in [5.74, 6) is -0.406. The number of amides is 2. The van der Waals surface area contributed by atoms with Gasteiger partial charge in [-0.1, -0.05) is 121 Å². The Morgan fingerprint density at radius 1 is 0.618 bits per heavy atom. The molecule has 294 valence electrons. The topological polar surface area (TPSA) is 127 Å². The van der Waals surface area contributed by atoms with Crippen LogP contribution in [0.1, 0.15) is 43.0 Å². The Morgan fingerprint density at radius 2 is 1.04 bits per heavy atom. The largest absolute Gasteiger partial charge is 0.444 e. The van der Waals surface area contributed by atoms with E-state index in [1.165, 1.54) is 0 Å². The predicted octanol–water partition coefficient (Wildman–Crippen LogP) is 5.76. The van der Waals surface area contributed by atoms with Crippen LogP contribution in [-0.2, 0) is 54.9 Å². The molecule has 2 amide bonds. The molecule has 1 fully saturated rings. The zero-order valence-corrected chi connectivity index (χ0v) is 32.0. The molecule has 5 rings (SSSR count). The second-order valence-electron chi connectivity index (χ2n) is 14.7. The fraction of sp³-hybridized carbons (Fsp3) is 0.409. The highest BCUT2D eigenvalue weighted by Gasteiger charge is 2.50. The van der Waals surface area contributed by atoms with Gasteiger partial charge in [0.15, 0.2) is 6.10 Å². The molecule has 11 nitrogen and oxygen atoms in total. The lowest BCUT2D eigenvalue weighted by Crippen LogP contribution is -2.63. The Hall–Kier alpha value is -4.62. The Morgan fingerprint density at radius 3 is 1.49 bits per heavy atom. The van der Waals surface area contributed by atoms with Crippen LogP contribution < -0.4 is 0 Å². The summed E-state index contributed by atoms with van der Waals surface area (Å²) in [6, 6.07) is 37.8. The molecule has 1 saturated heterocycles. The number of piperazine rings is 1. The van der Waals surface area contributed by atoms with Crippen LogP contribution in [0, 0.1) is 0 Å². The van der Waals surface area contributed by atoms with Crippen LogP contribution in [0.3, 0.4) is 0 Å². The van der Waals surface area contributed by atoms with Gasteiger partial charge < -0.3 is 43.7 Å². The Labute approximate surface area is 324 Å². The molecule has 0 bridgehead atoms. The third-order valence-corrected chi connectivity index (χ3v) is 9.18. The van der Waals surface area contributed by atoms with Crippen molar-refractivity contribution < 1.29 is 43.5 Å². The lowest BCUT2D eigenvalue weighted by atomic mass is 9.90. The minimum atomic E-state index is -2.05. The van der Waals surface area contributed by atoms with Crippen molar-refractivity contribution in [3.8, 4) is 0 Å². The highest BCUT2D eigenvalue weighted by molar-refractivity contribution is 5.82. The average molecular weight is 755 g/mol. The molecule has 0 aliphatic carbocycles. The molecule has 0 aromatic heterocycles. The summed E-state index contributed by atoms with van der Waals surface area (Å²) < 4.78 is 31.4. The van der Waals surface area contributed by atoms with Gasteiger partial charge in [0.2, 0.25) is 0 Å². The van der Waals surface area contributed by atoms with E-state index in [0.29, 0.717) is 0 Å². The molecule has 4 aromatic carbocycles. The van der Waals surface area contributed by atoms with Crippen LogP contribution in [0.15, 0.2) is 121 Å². The number of carbonyl (C=O) groups is 2. The fourth-order valence-corrected chi connectivity index (χ4v) is 6.24. The van der Waals surface area contributed by atoms with Crippen LogP contribution in [0.2, 0.25) is 0 Å². The minimum absolute atomic E-state index is 0.0336. The van der Waals surface area contributed by atoms with Gasteiger partial charge in [-0.15, -0.1) is 0 Å². The molecule has 1 heterocycles. The van der Waals surface area contributed by atoms with E-state index in [0.717, 1.165) is 22.3 Å². The number of hydrogen-bond donors (Lipinski definition) is 2. The maximum Gasteiger partial charge on any atom is 0.410 e. The first-order chi connectivity index (χ1) is 26.5. The van der Waals surface area contributed by atoms with Gasteiger partial charge in [-0.25, -0.2) is 4.79 Å². The van der Waals surface area contributed by atoms with E-state index >= 15 is 0 Å². The third kappa shape index (κ3) is 12.7. The van der Waals surface area contributed by atoms with Gasteiger partial charge >= 0.3 is 6.09 Å². The van der Waals surface area contributed by atoms with Crippen LogP contribution in [0.25, 0.3) is 0 Å². The van der Waals surface area contributed by atoms with E-state index in [2.05, 4.69) is 0 Å². The summed E-state index contributed by atoms with van der Waals surface area (Å²) in [6.07, 6.45) is -4.34. The first-order valence-corrected chi connectivity index (χ1v) is 18.7. The van der Waals surface area contributed by atoms with Crippen LogP contribution in [0.5, 0.6) is 0 Å². The maximum absolute atomic E-state index is 14.8. The number of rotatable bonds is 18. The average Bonchev–Trinajstić information content (AvgIpc) is 3.20. The van der Waals surface area contributed by atoms with Crippen molar-refractivity contribution in [3.05, 3.63) is 144 Å². The summed E-state index contributed by atoms with van der Waals surface area (Å²) >= 11 is 0. The van der Waals surface area contributed by atoms with Crippen molar-refractivity contribution in [2.24, 2.45) is 0 Å². The number of benzene rings is 4. The van der Waals surface area contributed by atoms with Gasteiger partial charge in [0.05, 0.1) is 39.6 Å². The molecular formula is C44H54N2O9. The van der Waals surface area contributed by atoms with E-state index in [4.69, 9.17) is 23.7 Å². The first kappa shape index (κ1) is 41.5. The van der Waals surface area contributed by atoms with Crippen molar-refractivity contribution >= 4 is 12.0 Å². The van der Waals surface area contributed by atoms with Gasteiger partial charge in [0.25, 0.3) is 5.91 Å². The normalized spacial score (nSPS) is 16.2. The summed E-state index contributed by atoms with van der Waals surface area (Å²) in [5.41, 5.74) is 0.629. The van der Waals surface area contributed by atoms with Crippen LogP contribution >= 0.6 is 0 Å². The Kier molecular flexibility index (Phi) is 15.4. The molecular weight excluding hydrogens is 700 g/mol. The number of aliphatic hydroxyl groups is 2. The Bertz CT molecular complexity index is 1720. The standard InChI is InChI=1S/C44H54N2O9/c1-43(2,3)55-42(49)46-26-24-45(25-27-46)41(48)39(53-30-36-20-12-6-13-21-36)38(52-29-35-18-10-5-11-19-35)40(54-31-37-22-14-7-15-23-37)44(50,32-47)33-51-28-34-16-8-4-9-17-34/h4-23,38-40,47,50H,24-33H2,1-3H3. The van der Waals surface area contributed by atoms with Crippen molar-refractivity contribution in [1.82, 2.24) is 9.80 Å².